The Labute approximate surface area is 104 Å². The van der Waals surface area contributed by atoms with Crippen LogP contribution in [0.15, 0.2) is 0 Å². The molecule has 0 bridgehead atoms. The lowest BCUT2D eigenvalue weighted by Crippen LogP contribution is -2.29. The van der Waals surface area contributed by atoms with Gasteiger partial charge in [0.1, 0.15) is 16.1 Å². The Morgan fingerprint density at radius 2 is 0.938 bits per heavy atom. The average molecular weight is 263 g/mol. The Morgan fingerprint density at radius 1 is 0.625 bits per heavy atom. The molecule has 0 aliphatic rings. The highest BCUT2D eigenvalue weighted by molar-refractivity contribution is 7.02. The van der Waals surface area contributed by atoms with E-state index in [0.717, 1.165) is 0 Å². The van der Waals surface area contributed by atoms with Gasteiger partial charge in [0.2, 0.25) is 0 Å². The van der Waals surface area contributed by atoms with Crippen LogP contribution in [0.3, 0.4) is 0 Å². The van der Waals surface area contributed by atoms with Crippen LogP contribution >= 0.6 is 0 Å². The Kier molecular flexibility index (Phi) is 4.89. The van der Waals surface area contributed by atoms with Gasteiger partial charge in [-0.3, -0.25) is 0 Å². The topological polar surface area (TPSA) is 0 Å². The summed E-state index contributed by atoms with van der Waals surface area (Å²) in [6.07, 6.45) is 5.60. The van der Waals surface area contributed by atoms with Gasteiger partial charge in [0.05, 0.1) is 0 Å². The van der Waals surface area contributed by atoms with E-state index in [1.807, 2.05) is 0 Å². The van der Waals surface area contributed by atoms with Gasteiger partial charge in [0.25, 0.3) is 8.07 Å². The molecule has 3 heteroatoms. The number of hydrogen-bond donors (Lipinski definition) is 0. The van der Waals surface area contributed by atoms with Crippen molar-refractivity contribution in [3.8, 4) is 34.1 Å². The molecule has 0 amide bonds. The van der Waals surface area contributed by atoms with Crippen molar-refractivity contribution in [2.24, 2.45) is 0 Å². The van der Waals surface area contributed by atoms with Crippen molar-refractivity contribution in [2.75, 3.05) is 0 Å². The Hall–Kier alpha value is -0.669. The lowest BCUT2D eigenvalue weighted by Gasteiger charge is -2.10. The zero-order chi connectivity index (χ0) is 13.0. The number of terminal acetylenes is 1. The van der Waals surface area contributed by atoms with Crippen LogP contribution in [0.1, 0.15) is 0 Å². The van der Waals surface area contributed by atoms with Gasteiger partial charge in [0.15, 0.2) is 0 Å². The van der Waals surface area contributed by atoms with Gasteiger partial charge in [-0.05, 0) is 6.55 Å². The molecule has 0 aromatic carbocycles. The summed E-state index contributed by atoms with van der Waals surface area (Å²) in [5.41, 5.74) is 16.2. The highest BCUT2D eigenvalue weighted by Gasteiger charge is 2.21. The molecule has 0 heterocycles. The number of rotatable bonds is 0. The van der Waals surface area contributed by atoms with E-state index < -0.39 is 24.2 Å². The summed E-state index contributed by atoms with van der Waals surface area (Å²) in [5.74, 6) is 0. The minimum absolute atomic E-state index is 1.34. The van der Waals surface area contributed by atoms with Gasteiger partial charge >= 0.3 is 0 Å². The molecule has 0 N–H and O–H groups in total. The molecule has 0 fully saturated rings. The molecule has 0 rings (SSSR count). The Morgan fingerprint density at radius 3 is 1.12 bits per heavy atom. The van der Waals surface area contributed by atoms with Crippen LogP contribution in [0.2, 0.25) is 45.8 Å². The average Bonchev–Trinajstić information content (AvgIpc) is 2.09. The van der Waals surface area contributed by atoms with Gasteiger partial charge in [-0.15, -0.1) is 34.1 Å². The Balaban J connectivity index is 5.16. The van der Waals surface area contributed by atoms with E-state index in [2.05, 4.69) is 73.5 Å². The standard InChI is InChI=1S/C13H22Si3/c1-9-16(8,12-10-14(2,3)4)13-11-15(5,6)7/h1H,2-8H3. The van der Waals surface area contributed by atoms with Crippen molar-refractivity contribution in [3.63, 3.8) is 0 Å². The minimum atomic E-state index is -2.07. The van der Waals surface area contributed by atoms with E-state index in [-0.39, 0.29) is 0 Å². The monoisotopic (exact) mass is 262 g/mol. The van der Waals surface area contributed by atoms with E-state index in [1.54, 1.807) is 0 Å². The van der Waals surface area contributed by atoms with Crippen molar-refractivity contribution in [1.82, 2.24) is 0 Å². The first-order valence-corrected chi connectivity index (χ1v) is 15.0. The van der Waals surface area contributed by atoms with Crippen molar-refractivity contribution in [2.45, 2.75) is 45.8 Å². The molecule has 0 aromatic rings. The molecular formula is C13H22Si3. The van der Waals surface area contributed by atoms with Crippen molar-refractivity contribution in [1.29, 1.82) is 0 Å². The van der Waals surface area contributed by atoms with E-state index >= 15 is 0 Å². The Bertz CT molecular complexity index is 373. The first-order chi connectivity index (χ1) is 6.97. The zero-order valence-electron chi connectivity index (χ0n) is 11.6. The predicted octanol–water partition coefficient (Wildman–Crippen LogP) is 3.08. The molecule has 0 radical (unpaired) electrons. The zero-order valence-corrected chi connectivity index (χ0v) is 14.6. The fraction of sp³-hybridized carbons (Fsp3) is 0.538. The predicted molar refractivity (Wildman–Crippen MR) is 82.7 cm³/mol. The molecule has 0 aliphatic carbocycles. The van der Waals surface area contributed by atoms with E-state index in [0.29, 0.717) is 0 Å². The third-order valence-electron chi connectivity index (χ3n) is 1.66. The van der Waals surface area contributed by atoms with Crippen molar-refractivity contribution < 1.29 is 0 Å². The second-order valence-electron chi connectivity index (χ2n) is 6.27. The molecule has 0 saturated carbocycles. The molecule has 0 spiro atoms. The van der Waals surface area contributed by atoms with Crippen LogP contribution in [-0.4, -0.2) is 24.2 Å². The van der Waals surface area contributed by atoms with Crippen LogP contribution in [-0.2, 0) is 0 Å². The number of hydrogen-bond acceptors (Lipinski definition) is 0. The molecule has 0 aliphatic heterocycles. The van der Waals surface area contributed by atoms with Gasteiger partial charge in [0, 0.05) is 0 Å². The molecule has 0 unspecified atom stereocenters. The van der Waals surface area contributed by atoms with Crippen molar-refractivity contribution in [3.05, 3.63) is 0 Å². The van der Waals surface area contributed by atoms with Gasteiger partial charge in [-0.1, -0.05) is 39.3 Å². The summed E-state index contributed by atoms with van der Waals surface area (Å²) in [4.78, 5) is 0. The van der Waals surface area contributed by atoms with E-state index in [9.17, 15) is 0 Å². The maximum atomic E-state index is 5.60. The molecule has 0 atom stereocenters. The second kappa shape index (κ2) is 5.11. The van der Waals surface area contributed by atoms with Crippen LogP contribution in [0.25, 0.3) is 0 Å². The summed E-state index contributed by atoms with van der Waals surface area (Å²) in [6.45, 7) is 15.5. The normalized spacial score (nSPS) is 11.6. The van der Waals surface area contributed by atoms with Crippen LogP contribution in [0.5, 0.6) is 0 Å². The highest BCUT2D eigenvalue weighted by Crippen LogP contribution is 2.03. The summed E-state index contributed by atoms with van der Waals surface area (Å²) < 4.78 is 0. The largest absolute Gasteiger partial charge is 0.286 e. The SMILES string of the molecule is C#C[Si](C)(C#C[Si](C)(C)C)C#C[Si](C)(C)C. The lowest BCUT2D eigenvalue weighted by molar-refractivity contribution is 1.81. The molecule has 0 saturated heterocycles. The fourth-order valence-electron chi connectivity index (χ4n) is 0.728. The third-order valence-corrected chi connectivity index (χ3v) is 5.74. The van der Waals surface area contributed by atoms with Crippen LogP contribution in [0, 0.1) is 34.1 Å². The molecule has 0 nitrogen and oxygen atoms in total. The fourth-order valence-corrected chi connectivity index (χ4v) is 5.94. The summed E-state index contributed by atoms with van der Waals surface area (Å²) >= 11 is 0. The van der Waals surface area contributed by atoms with E-state index in [4.69, 9.17) is 6.42 Å². The smallest absolute Gasteiger partial charge is 0.137 e. The summed E-state index contributed by atoms with van der Waals surface area (Å²) in [6, 6.07) is 0. The summed E-state index contributed by atoms with van der Waals surface area (Å²) in [7, 11) is -4.74. The maximum Gasteiger partial charge on any atom is 0.286 e. The van der Waals surface area contributed by atoms with Gasteiger partial charge < -0.3 is 0 Å². The first kappa shape index (κ1) is 15.3. The third kappa shape index (κ3) is 7.60. The second-order valence-corrected chi connectivity index (χ2v) is 18.8. The quantitative estimate of drug-likeness (QED) is 0.465. The maximum absolute atomic E-state index is 5.60. The van der Waals surface area contributed by atoms with Crippen molar-refractivity contribution >= 4 is 24.2 Å². The van der Waals surface area contributed by atoms with Crippen LogP contribution < -0.4 is 0 Å². The minimum Gasteiger partial charge on any atom is -0.137 e. The van der Waals surface area contributed by atoms with Crippen LogP contribution in [0.4, 0.5) is 0 Å². The molecule has 86 valence electrons. The van der Waals surface area contributed by atoms with Gasteiger partial charge in [-0.2, -0.15) is 0 Å². The highest BCUT2D eigenvalue weighted by atomic mass is 28.3. The van der Waals surface area contributed by atoms with Gasteiger partial charge in [-0.25, -0.2) is 0 Å². The van der Waals surface area contributed by atoms with E-state index in [1.165, 1.54) is 0 Å². The molecule has 0 aromatic heterocycles. The summed E-state index contributed by atoms with van der Waals surface area (Å²) in [5, 5.41) is 0. The first-order valence-electron chi connectivity index (χ1n) is 5.54. The lowest BCUT2D eigenvalue weighted by atomic mass is 11.3. The molecular weight excluding hydrogens is 240 g/mol. The molecule has 16 heavy (non-hydrogen) atoms.